The van der Waals surface area contributed by atoms with Crippen molar-refractivity contribution in [2.75, 3.05) is 0 Å². The van der Waals surface area contributed by atoms with Crippen molar-refractivity contribution in [2.24, 2.45) is 0 Å². The molecule has 4 heteroatoms. The summed E-state index contributed by atoms with van der Waals surface area (Å²) in [7, 11) is 0. The van der Waals surface area contributed by atoms with Crippen LogP contribution in [0.3, 0.4) is 0 Å². The quantitative estimate of drug-likeness (QED) is 0.191. The standard InChI is InChI=1S/C44H27F2NO/c1-26-32-21-22-44(28-23-29(45)25-30(46)24-28,48-43(32)38-14-8-13-37-33-9-2-3-12-36(33)41(26)42(37)38)27-17-19-31(20-18-27)47-39-15-6-4-10-34(39)35-11-5-7-16-40(35)47/h2-25H,1H3. The lowest BCUT2D eigenvalue weighted by molar-refractivity contribution is 0.162. The minimum atomic E-state index is -1.28. The smallest absolute Gasteiger partial charge is 0.178 e. The van der Waals surface area contributed by atoms with Crippen LogP contribution in [0.4, 0.5) is 8.78 Å². The second-order valence-electron chi connectivity index (χ2n) is 12.8. The fourth-order valence-corrected chi connectivity index (χ4v) is 8.16. The van der Waals surface area contributed by atoms with Crippen LogP contribution < -0.4 is 4.74 Å². The molecule has 7 aromatic carbocycles. The van der Waals surface area contributed by atoms with Crippen molar-refractivity contribution in [3.05, 3.63) is 173 Å². The van der Waals surface area contributed by atoms with Gasteiger partial charge in [-0.25, -0.2) is 8.78 Å². The van der Waals surface area contributed by atoms with Gasteiger partial charge >= 0.3 is 0 Å². The van der Waals surface area contributed by atoms with E-state index in [0.29, 0.717) is 11.3 Å². The minimum absolute atomic E-state index is 0.385. The predicted octanol–water partition coefficient (Wildman–Crippen LogP) is 11.5. The van der Waals surface area contributed by atoms with Crippen molar-refractivity contribution in [2.45, 2.75) is 12.5 Å². The average molecular weight is 624 g/mol. The zero-order chi connectivity index (χ0) is 32.1. The first-order valence-electron chi connectivity index (χ1n) is 16.1. The molecule has 1 aromatic heterocycles. The van der Waals surface area contributed by atoms with E-state index in [1.165, 1.54) is 45.2 Å². The van der Waals surface area contributed by atoms with Crippen LogP contribution in [-0.2, 0) is 5.60 Å². The molecule has 2 aliphatic rings. The van der Waals surface area contributed by atoms with E-state index in [-0.39, 0.29) is 0 Å². The molecule has 0 saturated carbocycles. The number of para-hydroxylation sites is 2. The summed E-state index contributed by atoms with van der Waals surface area (Å²) < 4.78 is 39.4. The SMILES string of the molecule is Cc1c2c(c3cccc4c3c1-c1ccccc1-4)OC(c1ccc(-n3c4ccccc4c4ccccc43)cc1)(c1cc(F)cc(F)c1)C=C2. The van der Waals surface area contributed by atoms with Gasteiger partial charge in [-0.3, -0.25) is 0 Å². The monoisotopic (exact) mass is 623 g/mol. The molecule has 10 rings (SSSR count). The second kappa shape index (κ2) is 9.76. The molecule has 228 valence electrons. The van der Waals surface area contributed by atoms with Gasteiger partial charge in [0.1, 0.15) is 17.4 Å². The summed E-state index contributed by atoms with van der Waals surface area (Å²) in [5.74, 6) is -0.596. The molecule has 0 N–H and O–H groups in total. The number of benzene rings is 7. The molecule has 1 atom stereocenters. The molecule has 2 heterocycles. The predicted molar refractivity (Wildman–Crippen MR) is 191 cm³/mol. The maximum Gasteiger partial charge on any atom is 0.178 e. The largest absolute Gasteiger partial charge is 0.472 e. The van der Waals surface area contributed by atoms with E-state index in [1.54, 1.807) is 0 Å². The number of hydrogen-bond acceptors (Lipinski definition) is 1. The summed E-state index contributed by atoms with van der Waals surface area (Å²) >= 11 is 0. The topological polar surface area (TPSA) is 14.2 Å². The van der Waals surface area contributed by atoms with Gasteiger partial charge in [-0.05, 0) is 77.2 Å². The highest BCUT2D eigenvalue weighted by Gasteiger charge is 2.40. The fraction of sp³-hybridized carbons (Fsp3) is 0.0455. The van der Waals surface area contributed by atoms with Crippen molar-refractivity contribution >= 4 is 38.7 Å². The van der Waals surface area contributed by atoms with Crippen LogP contribution in [0, 0.1) is 18.6 Å². The first-order chi connectivity index (χ1) is 23.5. The van der Waals surface area contributed by atoms with Crippen LogP contribution in [0.5, 0.6) is 5.75 Å². The first-order valence-corrected chi connectivity index (χ1v) is 16.1. The zero-order valence-electron chi connectivity index (χ0n) is 26.0. The van der Waals surface area contributed by atoms with Crippen LogP contribution in [0.1, 0.15) is 22.3 Å². The van der Waals surface area contributed by atoms with Crippen molar-refractivity contribution in [1.29, 1.82) is 0 Å². The molecule has 0 radical (unpaired) electrons. The van der Waals surface area contributed by atoms with Gasteiger partial charge < -0.3 is 9.30 Å². The van der Waals surface area contributed by atoms with E-state index in [1.807, 2.05) is 18.2 Å². The molecule has 2 nitrogen and oxygen atoms in total. The lowest BCUT2D eigenvalue weighted by atomic mass is 9.81. The van der Waals surface area contributed by atoms with E-state index < -0.39 is 17.2 Å². The summed E-state index contributed by atoms with van der Waals surface area (Å²) in [5.41, 5.74) is 9.94. The fourth-order valence-electron chi connectivity index (χ4n) is 8.16. The van der Waals surface area contributed by atoms with Crippen molar-refractivity contribution in [3.8, 4) is 33.7 Å². The Hall–Kier alpha value is -6.00. The molecule has 48 heavy (non-hydrogen) atoms. The van der Waals surface area contributed by atoms with E-state index in [9.17, 15) is 8.78 Å². The normalized spacial score (nSPS) is 16.0. The van der Waals surface area contributed by atoms with Crippen molar-refractivity contribution in [3.63, 3.8) is 0 Å². The molecule has 0 bridgehead atoms. The first kappa shape index (κ1) is 27.1. The molecule has 1 aliphatic heterocycles. The van der Waals surface area contributed by atoms with Crippen LogP contribution in [0.2, 0.25) is 0 Å². The highest BCUT2D eigenvalue weighted by atomic mass is 19.1. The lowest BCUT2D eigenvalue weighted by Crippen LogP contribution is -2.35. The third-order valence-corrected chi connectivity index (χ3v) is 10.2. The summed E-state index contributed by atoms with van der Waals surface area (Å²) in [5, 5.41) is 4.48. The van der Waals surface area contributed by atoms with Crippen LogP contribution >= 0.6 is 0 Å². The van der Waals surface area contributed by atoms with Crippen LogP contribution in [0.15, 0.2) is 140 Å². The number of halogens is 2. The Morgan fingerprint density at radius 1 is 0.583 bits per heavy atom. The average Bonchev–Trinajstić information content (AvgIpc) is 3.64. The third-order valence-electron chi connectivity index (χ3n) is 10.2. The van der Waals surface area contributed by atoms with Gasteiger partial charge in [-0.15, -0.1) is 0 Å². The van der Waals surface area contributed by atoms with Gasteiger partial charge in [-0.2, -0.15) is 0 Å². The second-order valence-corrected chi connectivity index (χ2v) is 12.8. The van der Waals surface area contributed by atoms with Gasteiger partial charge in [0.25, 0.3) is 0 Å². The van der Waals surface area contributed by atoms with E-state index in [0.717, 1.165) is 50.2 Å². The maximum absolute atomic E-state index is 15.0. The Kier molecular flexibility index (Phi) is 5.52. The summed E-state index contributed by atoms with van der Waals surface area (Å²) in [6, 6.07) is 43.4. The van der Waals surface area contributed by atoms with Gasteiger partial charge in [-0.1, -0.05) is 97.1 Å². The molecule has 1 aliphatic carbocycles. The zero-order valence-corrected chi connectivity index (χ0v) is 26.0. The molecular formula is C44H27F2NO. The molecule has 0 amide bonds. The minimum Gasteiger partial charge on any atom is -0.472 e. The van der Waals surface area contributed by atoms with E-state index in [4.69, 9.17) is 4.74 Å². The Morgan fingerprint density at radius 2 is 1.19 bits per heavy atom. The summed E-state index contributed by atoms with van der Waals surface area (Å²) in [6.45, 7) is 2.13. The lowest BCUT2D eigenvalue weighted by Gasteiger charge is -2.37. The van der Waals surface area contributed by atoms with E-state index in [2.05, 4.69) is 121 Å². The highest BCUT2D eigenvalue weighted by molar-refractivity contribution is 6.19. The summed E-state index contributed by atoms with van der Waals surface area (Å²) in [6.07, 6.45) is 4.02. The summed E-state index contributed by atoms with van der Waals surface area (Å²) in [4.78, 5) is 0. The molecule has 0 fully saturated rings. The number of fused-ring (bicyclic) bond motifs is 8. The van der Waals surface area contributed by atoms with Gasteiger partial charge in [0, 0.05) is 50.0 Å². The molecule has 0 saturated heterocycles. The number of rotatable bonds is 3. The maximum atomic E-state index is 15.0. The Labute approximate surface area is 275 Å². The Balaban J connectivity index is 1.19. The molecule has 0 spiro atoms. The van der Waals surface area contributed by atoms with Gasteiger partial charge in [0.15, 0.2) is 5.60 Å². The van der Waals surface area contributed by atoms with Gasteiger partial charge in [0.2, 0.25) is 0 Å². The number of hydrogen-bond donors (Lipinski definition) is 0. The molecular weight excluding hydrogens is 596 g/mol. The van der Waals surface area contributed by atoms with Crippen molar-refractivity contribution in [1.82, 2.24) is 4.57 Å². The number of nitrogens with zero attached hydrogens (tertiary/aromatic N) is 1. The van der Waals surface area contributed by atoms with Crippen LogP contribution in [-0.4, -0.2) is 4.57 Å². The Morgan fingerprint density at radius 3 is 1.90 bits per heavy atom. The van der Waals surface area contributed by atoms with Crippen LogP contribution in [0.25, 0.3) is 66.6 Å². The van der Waals surface area contributed by atoms with Gasteiger partial charge in [0.05, 0.1) is 11.0 Å². The molecule has 1 unspecified atom stereocenters. The molecule has 8 aromatic rings. The van der Waals surface area contributed by atoms with Crippen molar-refractivity contribution < 1.29 is 13.5 Å². The Bertz CT molecular complexity index is 2610. The number of ether oxygens (including phenoxy) is 1. The third kappa shape index (κ3) is 3.60. The highest BCUT2D eigenvalue weighted by Crippen LogP contribution is 2.55. The van der Waals surface area contributed by atoms with E-state index >= 15 is 0 Å². The number of aromatic nitrogens is 1.